The van der Waals surface area contributed by atoms with Crippen molar-refractivity contribution in [3.63, 3.8) is 0 Å². The predicted octanol–water partition coefficient (Wildman–Crippen LogP) is 0.714. The summed E-state index contributed by atoms with van der Waals surface area (Å²) in [6.07, 6.45) is -2.79. The molecule has 1 atom stereocenters. The van der Waals surface area contributed by atoms with Crippen LogP contribution in [0.25, 0.3) is 0 Å². The summed E-state index contributed by atoms with van der Waals surface area (Å²) in [5.41, 5.74) is 15.8. The molecular formula is C21H26F3N7O3. The van der Waals surface area contributed by atoms with Crippen LogP contribution < -0.4 is 27.4 Å². The van der Waals surface area contributed by atoms with E-state index in [1.54, 1.807) is 4.90 Å². The second kappa shape index (κ2) is 9.81. The maximum atomic E-state index is 13.0. The standard InChI is InChI=1S/C21H26F3N7O3/c22-21(23,24)13-3-1-12(2-4-13)14(5-10-32)30-19(34)20(27)6-8-31(9-7-20)18-15(17(26)33)16(25)28-11-29-18/h1-4,11,14,32H,5-10,27H2,(H2,26,33)(H,30,34)(H2,25,28,29)/t14-/m0/s1. The number of amides is 2. The van der Waals surface area contributed by atoms with E-state index < -0.39 is 35.1 Å². The fourth-order valence-corrected chi connectivity index (χ4v) is 3.87. The average Bonchev–Trinajstić information content (AvgIpc) is 2.78. The lowest BCUT2D eigenvalue weighted by Crippen LogP contribution is -2.60. The minimum Gasteiger partial charge on any atom is -0.396 e. The molecule has 10 nitrogen and oxygen atoms in total. The second-order valence-corrected chi connectivity index (χ2v) is 8.12. The molecule has 0 saturated carbocycles. The van der Waals surface area contributed by atoms with Gasteiger partial charge in [-0.2, -0.15) is 13.2 Å². The van der Waals surface area contributed by atoms with Crippen molar-refractivity contribution in [2.45, 2.75) is 37.0 Å². The van der Waals surface area contributed by atoms with Gasteiger partial charge in [0.25, 0.3) is 5.91 Å². The lowest BCUT2D eigenvalue weighted by Gasteiger charge is -2.39. The van der Waals surface area contributed by atoms with Crippen molar-refractivity contribution in [3.8, 4) is 0 Å². The van der Waals surface area contributed by atoms with Gasteiger partial charge in [-0.15, -0.1) is 0 Å². The van der Waals surface area contributed by atoms with Crippen molar-refractivity contribution >= 4 is 23.5 Å². The Labute approximate surface area is 193 Å². The first kappa shape index (κ1) is 25.2. The van der Waals surface area contributed by atoms with Crippen molar-refractivity contribution in [2.75, 3.05) is 30.3 Å². The first-order valence-corrected chi connectivity index (χ1v) is 10.5. The van der Waals surface area contributed by atoms with E-state index in [1.165, 1.54) is 18.5 Å². The highest BCUT2D eigenvalue weighted by Crippen LogP contribution is 2.31. The van der Waals surface area contributed by atoms with Gasteiger partial charge in [0, 0.05) is 19.7 Å². The summed E-state index contributed by atoms with van der Waals surface area (Å²) in [6, 6.07) is 3.65. The van der Waals surface area contributed by atoms with Crippen molar-refractivity contribution in [2.24, 2.45) is 11.5 Å². The highest BCUT2D eigenvalue weighted by molar-refractivity contribution is 6.02. The van der Waals surface area contributed by atoms with E-state index in [2.05, 4.69) is 15.3 Å². The van der Waals surface area contributed by atoms with Gasteiger partial charge >= 0.3 is 6.18 Å². The Kier molecular flexibility index (Phi) is 7.26. The van der Waals surface area contributed by atoms with Gasteiger partial charge in [0.05, 0.1) is 17.1 Å². The number of carbonyl (C=O) groups is 2. The number of aliphatic hydroxyl groups excluding tert-OH is 1. The fraction of sp³-hybridized carbons (Fsp3) is 0.429. The van der Waals surface area contributed by atoms with Crippen LogP contribution in [0.1, 0.15) is 46.8 Å². The van der Waals surface area contributed by atoms with E-state index in [4.69, 9.17) is 17.2 Å². The van der Waals surface area contributed by atoms with Gasteiger partial charge in [0.1, 0.15) is 23.5 Å². The van der Waals surface area contributed by atoms with E-state index in [1.807, 2.05) is 0 Å². The number of nitrogens with zero attached hydrogens (tertiary/aromatic N) is 3. The summed E-state index contributed by atoms with van der Waals surface area (Å²) in [5, 5.41) is 12.1. The number of alkyl halides is 3. The maximum absolute atomic E-state index is 13.0. The molecule has 184 valence electrons. The van der Waals surface area contributed by atoms with Gasteiger partial charge in [-0.05, 0) is 37.0 Å². The molecule has 0 aliphatic carbocycles. The van der Waals surface area contributed by atoms with E-state index >= 15 is 0 Å². The van der Waals surface area contributed by atoms with Crippen LogP contribution in [-0.4, -0.2) is 52.1 Å². The number of rotatable bonds is 7. The molecule has 8 N–H and O–H groups in total. The molecular weight excluding hydrogens is 455 g/mol. The molecule has 0 radical (unpaired) electrons. The Morgan fingerprint density at radius 2 is 1.79 bits per heavy atom. The van der Waals surface area contributed by atoms with Crippen LogP contribution in [0, 0.1) is 0 Å². The number of nitrogens with two attached hydrogens (primary N) is 3. The minimum atomic E-state index is -4.48. The largest absolute Gasteiger partial charge is 0.416 e. The second-order valence-electron chi connectivity index (χ2n) is 8.12. The van der Waals surface area contributed by atoms with Crippen LogP contribution in [0.15, 0.2) is 30.6 Å². The van der Waals surface area contributed by atoms with Gasteiger partial charge in [-0.1, -0.05) is 12.1 Å². The minimum absolute atomic E-state index is 0.0122. The number of hydrogen-bond donors (Lipinski definition) is 5. The first-order chi connectivity index (χ1) is 16.0. The predicted molar refractivity (Wildman–Crippen MR) is 117 cm³/mol. The Morgan fingerprint density at radius 3 is 2.32 bits per heavy atom. The molecule has 1 aromatic heterocycles. The topological polar surface area (TPSA) is 173 Å². The number of halogens is 3. The van der Waals surface area contributed by atoms with Crippen molar-refractivity contribution < 1.29 is 27.9 Å². The Hall–Kier alpha value is -3.45. The molecule has 1 saturated heterocycles. The number of primary amides is 1. The van der Waals surface area contributed by atoms with E-state index in [-0.39, 0.29) is 56.2 Å². The number of carbonyl (C=O) groups excluding carboxylic acids is 2. The monoisotopic (exact) mass is 481 g/mol. The Morgan fingerprint density at radius 1 is 1.18 bits per heavy atom. The summed E-state index contributed by atoms with van der Waals surface area (Å²) in [7, 11) is 0. The third kappa shape index (κ3) is 5.37. The van der Waals surface area contributed by atoms with Crippen molar-refractivity contribution in [1.82, 2.24) is 15.3 Å². The molecule has 2 heterocycles. The molecule has 0 unspecified atom stereocenters. The van der Waals surface area contributed by atoms with E-state index in [0.29, 0.717) is 5.56 Å². The normalized spacial score (nSPS) is 16.7. The summed E-state index contributed by atoms with van der Waals surface area (Å²) in [4.78, 5) is 34.4. The lowest BCUT2D eigenvalue weighted by atomic mass is 9.86. The number of nitrogens with one attached hydrogen (secondary N) is 1. The molecule has 0 bridgehead atoms. The van der Waals surface area contributed by atoms with Gasteiger partial charge in [-0.25, -0.2) is 9.97 Å². The fourth-order valence-electron chi connectivity index (χ4n) is 3.87. The van der Waals surface area contributed by atoms with Crippen molar-refractivity contribution in [3.05, 3.63) is 47.3 Å². The molecule has 34 heavy (non-hydrogen) atoms. The van der Waals surface area contributed by atoms with E-state index in [9.17, 15) is 27.9 Å². The molecule has 1 aliphatic heterocycles. The maximum Gasteiger partial charge on any atom is 0.416 e. The van der Waals surface area contributed by atoms with Crippen LogP contribution >= 0.6 is 0 Å². The van der Waals surface area contributed by atoms with E-state index in [0.717, 1.165) is 12.1 Å². The highest BCUT2D eigenvalue weighted by atomic mass is 19.4. The van der Waals surface area contributed by atoms with Crippen LogP contribution in [-0.2, 0) is 11.0 Å². The number of aliphatic hydroxyl groups is 1. The zero-order valence-corrected chi connectivity index (χ0v) is 18.2. The Balaban J connectivity index is 1.71. The number of nitrogen functional groups attached to an aromatic ring is 1. The average molecular weight is 481 g/mol. The number of benzene rings is 1. The molecule has 0 spiro atoms. The summed E-state index contributed by atoms with van der Waals surface area (Å²) >= 11 is 0. The summed E-state index contributed by atoms with van der Waals surface area (Å²) in [5.74, 6) is -1.07. The molecule has 2 amide bonds. The van der Waals surface area contributed by atoms with Crippen LogP contribution in [0.2, 0.25) is 0 Å². The zero-order valence-electron chi connectivity index (χ0n) is 18.2. The van der Waals surface area contributed by atoms with Crippen molar-refractivity contribution in [1.29, 1.82) is 0 Å². The molecule has 1 aromatic carbocycles. The molecule has 3 rings (SSSR count). The van der Waals surface area contributed by atoms with Gasteiger partial charge < -0.3 is 32.5 Å². The van der Waals surface area contributed by atoms with Gasteiger partial charge in [0.2, 0.25) is 5.91 Å². The van der Waals surface area contributed by atoms with Gasteiger partial charge in [0.15, 0.2) is 0 Å². The highest BCUT2D eigenvalue weighted by Gasteiger charge is 2.40. The molecule has 2 aromatic rings. The SMILES string of the molecule is NC(=O)c1c(N)ncnc1N1CCC(N)(C(=O)N[C@@H](CCO)c2ccc(C(F)(F)F)cc2)CC1. The quantitative estimate of drug-likeness (QED) is 0.384. The number of anilines is 2. The van der Waals surface area contributed by atoms with Crippen LogP contribution in [0.5, 0.6) is 0 Å². The van der Waals surface area contributed by atoms with Gasteiger partial charge in [-0.3, -0.25) is 9.59 Å². The Bertz CT molecular complexity index is 1040. The number of piperidine rings is 1. The third-order valence-corrected chi connectivity index (χ3v) is 5.87. The molecule has 1 aliphatic rings. The van der Waals surface area contributed by atoms with Crippen LogP contribution in [0.3, 0.4) is 0 Å². The molecule has 1 fully saturated rings. The third-order valence-electron chi connectivity index (χ3n) is 5.87. The lowest BCUT2D eigenvalue weighted by molar-refractivity contribution is -0.137. The van der Waals surface area contributed by atoms with Crippen LogP contribution in [0.4, 0.5) is 24.8 Å². The number of aromatic nitrogens is 2. The summed E-state index contributed by atoms with van der Waals surface area (Å²) in [6.45, 7) is 0.250. The smallest absolute Gasteiger partial charge is 0.396 e. The molecule has 13 heteroatoms. The number of hydrogen-bond acceptors (Lipinski definition) is 8. The summed E-state index contributed by atoms with van der Waals surface area (Å²) < 4.78 is 38.5. The zero-order chi connectivity index (χ0) is 25.1. The first-order valence-electron chi connectivity index (χ1n) is 10.5.